The van der Waals surface area contributed by atoms with Crippen LogP contribution in [0.4, 0.5) is 28.4 Å². The van der Waals surface area contributed by atoms with Gasteiger partial charge in [-0.2, -0.15) is 0 Å². The van der Waals surface area contributed by atoms with Crippen molar-refractivity contribution in [1.82, 2.24) is 0 Å². The minimum Gasteiger partial charge on any atom is -0.314 e. The highest BCUT2D eigenvalue weighted by Crippen LogP contribution is 2.53. The summed E-state index contributed by atoms with van der Waals surface area (Å²) in [7, 11) is 0. The van der Waals surface area contributed by atoms with Crippen LogP contribution in [0.3, 0.4) is 0 Å². The van der Waals surface area contributed by atoms with E-state index in [0.717, 1.165) is 29.9 Å². The Kier molecular flexibility index (Phi) is 9.27. The fraction of sp³-hybridized carbons (Fsp3) is 0.0909. The Morgan fingerprint density at radius 3 is 1.41 bits per heavy atom. The third-order valence-corrected chi connectivity index (χ3v) is 14.7. The van der Waals surface area contributed by atoms with Crippen molar-refractivity contribution in [3.05, 3.63) is 239 Å². The number of allylic oxidation sites excluding steroid dienone is 1. The summed E-state index contributed by atoms with van der Waals surface area (Å²) in [4.78, 5) is 4.93. The molecule has 0 spiro atoms. The summed E-state index contributed by atoms with van der Waals surface area (Å²) in [5.74, 6) is 0. The largest absolute Gasteiger partial charge is 0.314 e. The molecule has 0 fully saturated rings. The normalized spacial score (nSPS) is 12.7. The van der Waals surface area contributed by atoms with E-state index in [2.05, 4.69) is 244 Å². The van der Waals surface area contributed by atoms with Crippen LogP contribution in [0.5, 0.6) is 0 Å². The summed E-state index contributed by atoms with van der Waals surface area (Å²) < 4.78 is 0. The number of nitrogens with zero attached hydrogens (tertiary/aromatic N) is 2. The van der Waals surface area contributed by atoms with Gasteiger partial charge in [0, 0.05) is 34.1 Å². The maximum atomic E-state index is 2.55. The Hall–Kier alpha value is -8.20. The Labute approximate surface area is 398 Å². The average molecular weight is 871 g/mol. The molecule has 13 rings (SSSR count). The topological polar surface area (TPSA) is 6.48 Å². The third kappa shape index (κ3) is 6.47. The summed E-state index contributed by atoms with van der Waals surface area (Å²) in [5.41, 5.74) is 19.9. The molecule has 1 aliphatic rings. The second-order valence-corrected chi connectivity index (χ2v) is 19.1. The first kappa shape index (κ1) is 40.1. The molecule has 0 amide bonds. The average Bonchev–Trinajstić information content (AvgIpc) is 3.87. The van der Waals surface area contributed by atoms with E-state index >= 15 is 0 Å². The zero-order valence-corrected chi connectivity index (χ0v) is 38.9. The molecule has 0 aliphatic heterocycles. The Morgan fingerprint density at radius 2 is 0.838 bits per heavy atom. The number of hydrogen-bond donors (Lipinski definition) is 0. The molecular weight excluding hydrogens is 821 g/mol. The first-order valence-corrected chi connectivity index (χ1v) is 24.0. The zero-order chi connectivity index (χ0) is 45.6. The van der Waals surface area contributed by atoms with Crippen molar-refractivity contribution >= 4 is 88.4 Å². The van der Waals surface area contributed by atoms with Crippen molar-refractivity contribution in [2.75, 3.05) is 9.80 Å². The summed E-state index contributed by atoms with van der Waals surface area (Å²) in [6, 6.07) is 75.2. The quantitative estimate of drug-likeness (QED) is 0.150. The number of aryl methyl sites for hydroxylation is 5. The Balaban J connectivity index is 1.15. The molecule has 0 bridgehead atoms. The van der Waals surface area contributed by atoms with E-state index in [4.69, 9.17) is 0 Å². The summed E-state index contributed by atoms with van der Waals surface area (Å²) in [5, 5.41) is 13.3. The molecule has 0 radical (unpaired) electrons. The van der Waals surface area contributed by atoms with Gasteiger partial charge in [-0.15, -0.1) is 0 Å². The molecule has 2 nitrogen and oxygen atoms in total. The van der Waals surface area contributed by atoms with Crippen molar-refractivity contribution in [1.29, 1.82) is 0 Å². The third-order valence-electron chi connectivity index (χ3n) is 14.7. The van der Waals surface area contributed by atoms with Crippen LogP contribution < -0.4 is 9.80 Å². The molecule has 0 saturated heterocycles. The minimum atomic E-state index is 0.921. The van der Waals surface area contributed by atoms with E-state index in [1.54, 1.807) is 0 Å². The highest BCUT2D eigenvalue weighted by molar-refractivity contribution is 6.42. The highest BCUT2D eigenvalue weighted by atomic mass is 15.2. The molecule has 0 N–H and O–H groups in total. The predicted molar refractivity (Wildman–Crippen MR) is 292 cm³/mol. The molecule has 12 aromatic carbocycles. The number of anilines is 5. The van der Waals surface area contributed by atoms with Crippen LogP contribution in [0.2, 0.25) is 0 Å². The molecule has 12 aromatic rings. The monoisotopic (exact) mass is 870 g/mol. The highest BCUT2D eigenvalue weighted by Gasteiger charge is 2.29. The lowest BCUT2D eigenvalue weighted by Gasteiger charge is -2.30. The number of hydrogen-bond acceptors (Lipinski definition) is 2. The smallest absolute Gasteiger partial charge is 0.0474 e. The van der Waals surface area contributed by atoms with Gasteiger partial charge in [0.1, 0.15) is 0 Å². The first-order chi connectivity index (χ1) is 33.3. The molecular formula is C66H50N2. The van der Waals surface area contributed by atoms with Crippen LogP contribution in [0, 0.1) is 27.7 Å². The van der Waals surface area contributed by atoms with Gasteiger partial charge in [0.25, 0.3) is 0 Å². The molecule has 2 heteroatoms. The van der Waals surface area contributed by atoms with Gasteiger partial charge in [-0.1, -0.05) is 144 Å². The van der Waals surface area contributed by atoms with E-state index in [0.29, 0.717) is 0 Å². The van der Waals surface area contributed by atoms with Gasteiger partial charge < -0.3 is 9.80 Å². The standard InChI is InChI=1S/C66H50N2/c1-41-15-23-49(24-16-41)67(50-25-17-42(2)18-26-50)53-31-32-57-58(38-53)56-34-33-55(46-13-9-6-10-14-46)60-40-61-59-39-54(68(51-27-19-43(3)20-28-51)52-29-21-44(4)22-30-52)36-48-35-47(45-11-7-5-8-12-45)37-62(63(48)59)65(61)66(57)64(56)60/h5-30,33-40H,31-32H2,1-4H3. The molecule has 0 atom stereocenters. The summed E-state index contributed by atoms with van der Waals surface area (Å²) in [6.07, 6.45) is 4.39. The van der Waals surface area contributed by atoms with Crippen molar-refractivity contribution in [2.24, 2.45) is 0 Å². The molecule has 0 saturated carbocycles. The maximum Gasteiger partial charge on any atom is 0.0474 e. The van der Waals surface area contributed by atoms with Crippen LogP contribution in [0.25, 0.3) is 82.2 Å². The number of benzene rings is 10. The van der Waals surface area contributed by atoms with Crippen LogP contribution in [0.15, 0.2) is 206 Å². The second-order valence-electron chi connectivity index (χ2n) is 19.1. The predicted octanol–water partition coefficient (Wildman–Crippen LogP) is 18.5. The van der Waals surface area contributed by atoms with Crippen LogP contribution in [0.1, 0.15) is 39.8 Å². The van der Waals surface area contributed by atoms with Gasteiger partial charge in [0.15, 0.2) is 0 Å². The number of fused-ring (bicyclic) bond motifs is 7. The van der Waals surface area contributed by atoms with E-state index < -0.39 is 0 Å². The molecule has 0 heterocycles. The molecule has 0 aromatic heterocycles. The second kappa shape index (κ2) is 15.7. The van der Waals surface area contributed by atoms with Gasteiger partial charge in [-0.05, 0) is 213 Å². The minimum absolute atomic E-state index is 0.921. The van der Waals surface area contributed by atoms with Gasteiger partial charge >= 0.3 is 0 Å². The zero-order valence-electron chi connectivity index (χ0n) is 38.9. The van der Waals surface area contributed by atoms with Crippen molar-refractivity contribution < 1.29 is 0 Å². The van der Waals surface area contributed by atoms with E-state index in [1.165, 1.54) is 127 Å². The van der Waals surface area contributed by atoms with Crippen LogP contribution in [-0.2, 0) is 6.42 Å². The van der Waals surface area contributed by atoms with Gasteiger partial charge in [0.2, 0.25) is 0 Å². The summed E-state index contributed by atoms with van der Waals surface area (Å²) in [6.45, 7) is 8.67. The first-order valence-electron chi connectivity index (χ1n) is 24.0. The van der Waals surface area contributed by atoms with E-state index in [-0.39, 0.29) is 0 Å². The Bertz CT molecular complexity index is 3790. The fourth-order valence-electron chi connectivity index (χ4n) is 11.3. The van der Waals surface area contributed by atoms with Crippen molar-refractivity contribution in [3.63, 3.8) is 0 Å². The van der Waals surface area contributed by atoms with Gasteiger partial charge in [-0.25, -0.2) is 0 Å². The summed E-state index contributed by atoms with van der Waals surface area (Å²) >= 11 is 0. The molecule has 0 unspecified atom stereocenters. The lowest BCUT2D eigenvalue weighted by molar-refractivity contribution is 0.904. The van der Waals surface area contributed by atoms with Crippen LogP contribution >= 0.6 is 0 Å². The molecule has 1 aliphatic carbocycles. The lowest BCUT2D eigenvalue weighted by atomic mass is 9.92. The Morgan fingerprint density at radius 1 is 0.324 bits per heavy atom. The maximum absolute atomic E-state index is 2.55. The molecule has 324 valence electrons. The van der Waals surface area contributed by atoms with E-state index in [1.807, 2.05) is 0 Å². The van der Waals surface area contributed by atoms with Crippen molar-refractivity contribution in [2.45, 2.75) is 40.5 Å². The SMILES string of the molecule is Cc1ccc(N(C2=Cc3c(c4c5c(cc6c7cc(N(c8ccc(C)cc8)c8ccc(C)cc8)cc8cc(-c9ccccc9)cc(c87)c64)c(-c4ccccc4)ccc35)CC2)c2ccc(C)cc2)cc1. The van der Waals surface area contributed by atoms with Crippen molar-refractivity contribution in [3.8, 4) is 22.3 Å². The lowest BCUT2D eigenvalue weighted by Crippen LogP contribution is -2.18. The number of rotatable bonds is 8. The molecule has 68 heavy (non-hydrogen) atoms. The van der Waals surface area contributed by atoms with Gasteiger partial charge in [-0.3, -0.25) is 0 Å². The van der Waals surface area contributed by atoms with Gasteiger partial charge in [0.05, 0.1) is 0 Å². The van der Waals surface area contributed by atoms with E-state index in [9.17, 15) is 0 Å². The fourth-order valence-corrected chi connectivity index (χ4v) is 11.3. The van der Waals surface area contributed by atoms with Crippen LogP contribution in [-0.4, -0.2) is 0 Å².